The first-order valence-corrected chi connectivity index (χ1v) is 13.6. The van der Waals surface area contributed by atoms with E-state index in [0.29, 0.717) is 15.9 Å². The molecule has 37 heavy (non-hydrogen) atoms. The Morgan fingerprint density at radius 1 is 1.03 bits per heavy atom. The number of hydrogen-bond acceptors (Lipinski definition) is 4. The SMILES string of the molecule is CC(C(=O)NC(C)(C)C)N(Cc1c(Cl)cccc1Cl)C(=O)CN(c1cccc(C(F)(F)F)c1)S(C)(=O)=O. The number of amides is 2. The summed E-state index contributed by atoms with van der Waals surface area (Å²) in [6.07, 6.45) is -3.96. The molecule has 0 fully saturated rings. The summed E-state index contributed by atoms with van der Waals surface area (Å²) in [7, 11) is -4.21. The second-order valence-electron chi connectivity index (χ2n) is 9.45. The Morgan fingerprint density at radius 2 is 1.57 bits per heavy atom. The van der Waals surface area contributed by atoms with E-state index in [9.17, 15) is 31.2 Å². The smallest absolute Gasteiger partial charge is 0.350 e. The summed E-state index contributed by atoms with van der Waals surface area (Å²) < 4.78 is 65.4. The van der Waals surface area contributed by atoms with E-state index in [-0.39, 0.29) is 22.3 Å². The normalized spacial score (nSPS) is 13.1. The molecule has 0 heterocycles. The molecule has 0 radical (unpaired) electrons. The molecule has 13 heteroatoms. The molecule has 0 saturated heterocycles. The van der Waals surface area contributed by atoms with Gasteiger partial charge >= 0.3 is 6.18 Å². The van der Waals surface area contributed by atoms with E-state index in [4.69, 9.17) is 23.2 Å². The minimum atomic E-state index is -4.73. The van der Waals surface area contributed by atoms with E-state index in [1.54, 1.807) is 26.8 Å². The molecule has 2 rings (SSSR count). The van der Waals surface area contributed by atoms with Gasteiger partial charge in [-0.2, -0.15) is 13.2 Å². The molecule has 0 aliphatic rings. The molecular weight excluding hydrogens is 554 g/mol. The van der Waals surface area contributed by atoms with Crippen molar-refractivity contribution in [2.45, 2.75) is 52.0 Å². The highest BCUT2D eigenvalue weighted by Gasteiger charge is 2.34. The zero-order valence-electron chi connectivity index (χ0n) is 20.9. The number of carbonyl (C=O) groups excluding carboxylic acids is 2. The summed E-state index contributed by atoms with van der Waals surface area (Å²) in [5, 5.41) is 3.18. The maximum absolute atomic E-state index is 13.5. The Labute approximate surface area is 224 Å². The monoisotopic (exact) mass is 581 g/mol. The predicted octanol–water partition coefficient (Wildman–Crippen LogP) is 5.11. The maximum atomic E-state index is 13.5. The van der Waals surface area contributed by atoms with Crippen molar-refractivity contribution < 1.29 is 31.2 Å². The van der Waals surface area contributed by atoms with Gasteiger partial charge in [0.15, 0.2) is 0 Å². The molecule has 0 bridgehead atoms. The van der Waals surface area contributed by atoms with Crippen molar-refractivity contribution in [2.75, 3.05) is 17.1 Å². The van der Waals surface area contributed by atoms with Gasteiger partial charge in [0.1, 0.15) is 12.6 Å². The largest absolute Gasteiger partial charge is 0.416 e. The highest BCUT2D eigenvalue weighted by Crippen LogP contribution is 2.32. The predicted molar refractivity (Wildman–Crippen MR) is 138 cm³/mol. The van der Waals surface area contributed by atoms with Gasteiger partial charge in [-0.15, -0.1) is 0 Å². The molecular formula is C24H28Cl2F3N3O4S. The molecule has 0 aliphatic carbocycles. The van der Waals surface area contributed by atoms with Gasteiger partial charge in [-0.1, -0.05) is 35.3 Å². The lowest BCUT2D eigenvalue weighted by Crippen LogP contribution is -2.54. The van der Waals surface area contributed by atoms with Gasteiger partial charge in [-0.3, -0.25) is 13.9 Å². The minimum Gasteiger partial charge on any atom is -0.350 e. The van der Waals surface area contributed by atoms with Crippen LogP contribution in [0.5, 0.6) is 0 Å². The minimum absolute atomic E-state index is 0.214. The Bertz CT molecular complexity index is 1240. The molecule has 1 unspecified atom stereocenters. The molecule has 1 N–H and O–H groups in total. The molecule has 7 nitrogen and oxygen atoms in total. The van der Waals surface area contributed by atoms with Crippen LogP contribution in [0.1, 0.15) is 38.8 Å². The van der Waals surface area contributed by atoms with Crippen LogP contribution in [0.15, 0.2) is 42.5 Å². The van der Waals surface area contributed by atoms with E-state index < -0.39 is 51.7 Å². The topological polar surface area (TPSA) is 86.8 Å². The zero-order chi connectivity index (χ0) is 28.3. The van der Waals surface area contributed by atoms with Gasteiger partial charge in [-0.25, -0.2) is 8.42 Å². The summed E-state index contributed by atoms with van der Waals surface area (Å²) >= 11 is 12.5. The second-order valence-corrected chi connectivity index (χ2v) is 12.2. The van der Waals surface area contributed by atoms with E-state index in [1.165, 1.54) is 19.1 Å². The zero-order valence-corrected chi connectivity index (χ0v) is 23.2. The van der Waals surface area contributed by atoms with Crippen LogP contribution in [0.25, 0.3) is 0 Å². The summed E-state index contributed by atoms with van der Waals surface area (Å²) in [6, 6.07) is 7.18. The summed E-state index contributed by atoms with van der Waals surface area (Å²) in [6.45, 7) is 5.56. The number of benzene rings is 2. The molecule has 0 saturated carbocycles. The van der Waals surface area contributed by atoms with Crippen molar-refractivity contribution in [2.24, 2.45) is 0 Å². The second kappa shape index (κ2) is 11.5. The van der Waals surface area contributed by atoms with Crippen LogP contribution in [0.3, 0.4) is 0 Å². The Hall–Kier alpha value is -2.50. The fourth-order valence-electron chi connectivity index (χ4n) is 3.36. The van der Waals surface area contributed by atoms with Crippen LogP contribution in [0.4, 0.5) is 18.9 Å². The number of hydrogen-bond donors (Lipinski definition) is 1. The number of rotatable bonds is 8. The molecule has 2 aromatic carbocycles. The summed E-state index contributed by atoms with van der Waals surface area (Å²) in [4.78, 5) is 27.6. The lowest BCUT2D eigenvalue weighted by Gasteiger charge is -2.33. The molecule has 2 amide bonds. The first-order valence-electron chi connectivity index (χ1n) is 11.0. The van der Waals surface area contributed by atoms with Gasteiger partial charge in [-0.05, 0) is 58.0 Å². The van der Waals surface area contributed by atoms with Crippen LogP contribution in [0.2, 0.25) is 10.0 Å². The maximum Gasteiger partial charge on any atom is 0.416 e. The molecule has 0 spiro atoms. The first kappa shape index (κ1) is 30.7. The summed E-state index contributed by atoms with van der Waals surface area (Å²) in [5.74, 6) is -1.38. The Kier molecular flexibility index (Phi) is 9.54. The molecule has 204 valence electrons. The van der Waals surface area contributed by atoms with E-state index in [2.05, 4.69) is 5.32 Å². The highest BCUT2D eigenvalue weighted by molar-refractivity contribution is 7.92. The Balaban J connectivity index is 2.52. The fourth-order valence-corrected chi connectivity index (χ4v) is 4.72. The molecule has 2 aromatic rings. The fraction of sp³-hybridized carbons (Fsp3) is 0.417. The van der Waals surface area contributed by atoms with Crippen LogP contribution < -0.4 is 9.62 Å². The van der Waals surface area contributed by atoms with E-state index in [1.807, 2.05) is 0 Å². The average molecular weight is 582 g/mol. The number of halogens is 5. The van der Waals surface area contributed by atoms with Crippen molar-refractivity contribution >= 4 is 50.7 Å². The number of nitrogens with zero attached hydrogens (tertiary/aromatic N) is 2. The number of anilines is 1. The van der Waals surface area contributed by atoms with Crippen LogP contribution >= 0.6 is 23.2 Å². The average Bonchev–Trinajstić information content (AvgIpc) is 2.74. The number of alkyl halides is 3. The third kappa shape index (κ3) is 8.51. The van der Waals surface area contributed by atoms with Crippen LogP contribution in [-0.2, 0) is 32.3 Å². The lowest BCUT2D eigenvalue weighted by molar-refractivity contribution is -0.140. The number of sulfonamides is 1. The van der Waals surface area contributed by atoms with Crippen molar-refractivity contribution in [3.05, 3.63) is 63.6 Å². The van der Waals surface area contributed by atoms with Gasteiger partial charge in [0.05, 0.1) is 17.5 Å². The lowest BCUT2D eigenvalue weighted by atomic mass is 10.1. The molecule has 0 aromatic heterocycles. The Morgan fingerprint density at radius 3 is 2.05 bits per heavy atom. The van der Waals surface area contributed by atoms with Crippen LogP contribution in [-0.4, -0.2) is 49.5 Å². The standard InChI is InChI=1S/C24H28Cl2F3N3O4S/c1-15(22(34)30-23(2,3)4)31(13-18-19(25)10-7-11-20(18)26)21(33)14-32(37(5,35)36)17-9-6-8-16(12-17)24(27,28)29/h6-12,15H,13-14H2,1-5H3,(H,30,34). The van der Waals surface area contributed by atoms with Crippen molar-refractivity contribution in [3.8, 4) is 0 Å². The van der Waals surface area contributed by atoms with Gasteiger partial charge < -0.3 is 10.2 Å². The van der Waals surface area contributed by atoms with E-state index in [0.717, 1.165) is 29.4 Å². The number of carbonyl (C=O) groups is 2. The van der Waals surface area contributed by atoms with Crippen molar-refractivity contribution in [1.82, 2.24) is 10.2 Å². The molecule has 0 aliphatic heterocycles. The highest BCUT2D eigenvalue weighted by atomic mass is 35.5. The van der Waals surface area contributed by atoms with Crippen LogP contribution in [0, 0.1) is 0 Å². The van der Waals surface area contributed by atoms with Gasteiger partial charge in [0.2, 0.25) is 21.8 Å². The third-order valence-corrected chi connectivity index (χ3v) is 7.05. The van der Waals surface area contributed by atoms with Crippen molar-refractivity contribution in [3.63, 3.8) is 0 Å². The van der Waals surface area contributed by atoms with Gasteiger partial charge in [0, 0.05) is 27.7 Å². The van der Waals surface area contributed by atoms with Crippen molar-refractivity contribution in [1.29, 1.82) is 0 Å². The van der Waals surface area contributed by atoms with E-state index >= 15 is 0 Å². The van der Waals surface area contributed by atoms with Gasteiger partial charge in [0.25, 0.3) is 0 Å². The number of nitrogens with one attached hydrogen (secondary N) is 1. The third-order valence-electron chi connectivity index (χ3n) is 5.20. The first-order chi connectivity index (χ1) is 16.8. The molecule has 1 atom stereocenters. The quantitative estimate of drug-likeness (QED) is 0.469. The summed E-state index contributed by atoms with van der Waals surface area (Å²) in [5.41, 5.74) is -1.75.